The Labute approximate surface area is 115 Å². The number of amides is 2. The fourth-order valence-electron chi connectivity index (χ4n) is 1.40. The van der Waals surface area contributed by atoms with Crippen LogP contribution in [0.3, 0.4) is 0 Å². The van der Waals surface area contributed by atoms with Crippen LogP contribution < -0.4 is 5.32 Å². The molecule has 1 aromatic heterocycles. The first-order valence-electron chi connectivity index (χ1n) is 5.92. The lowest BCUT2D eigenvalue weighted by Gasteiger charge is -2.22. The molecular weight excluding hydrogens is 264 g/mol. The first kappa shape index (κ1) is 15.4. The van der Waals surface area contributed by atoms with Gasteiger partial charge in [0, 0.05) is 13.1 Å². The van der Waals surface area contributed by atoms with Crippen LogP contribution in [0, 0.1) is 11.3 Å². The minimum absolute atomic E-state index is 0.141. The third kappa shape index (κ3) is 4.56. The predicted molar refractivity (Wildman–Crippen MR) is 67.3 cm³/mol. The fourth-order valence-corrected chi connectivity index (χ4v) is 1.40. The van der Waals surface area contributed by atoms with Crippen LogP contribution in [0.4, 0.5) is 4.79 Å². The molecule has 1 aromatic rings. The molecule has 0 aliphatic rings. The highest BCUT2D eigenvalue weighted by Gasteiger charge is 2.15. The van der Waals surface area contributed by atoms with Gasteiger partial charge in [0.05, 0.1) is 25.2 Å². The minimum Gasteiger partial charge on any atom is -0.480 e. The Hall–Kier alpha value is -2.63. The molecule has 0 saturated carbocycles. The van der Waals surface area contributed by atoms with Crippen LogP contribution in [0.5, 0.6) is 0 Å². The van der Waals surface area contributed by atoms with E-state index in [2.05, 4.69) is 15.6 Å². The fraction of sp³-hybridized carbons (Fsp3) is 0.545. The second kappa shape index (κ2) is 7.08. The summed E-state index contributed by atoms with van der Waals surface area (Å²) in [6.45, 7) is 1.63. The van der Waals surface area contributed by atoms with Gasteiger partial charge < -0.3 is 15.3 Å². The molecule has 0 fully saturated rings. The smallest absolute Gasteiger partial charge is 0.325 e. The summed E-state index contributed by atoms with van der Waals surface area (Å²) in [6.07, 6.45) is 1.70. The third-order valence-electron chi connectivity index (χ3n) is 2.67. The Kier molecular flexibility index (Phi) is 5.46. The summed E-state index contributed by atoms with van der Waals surface area (Å²) in [5.74, 6) is -1.02. The van der Waals surface area contributed by atoms with Crippen molar-refractivity contribution in [2.45, 2.75) is 32.5 Å². The molecule has 108 valence electrons. The van der Waals surface area contributed by atoms with Gasteiger partial charge in [-0.1, -0.05) is 5.21 Å². The average molecular weight is 280 g/mol. The van der Waals surface area contributed by atoms with Crippen LogP contribution in [0.1, 0.15) is 19.0 Å². The topological polar surface area (TPSA) is 124 Å². The van der Waals surface area contributed by atoms with Gasteiger partial charge >= 0.3 is 12.0 Å². The zero-order valence-electron chi connectivity index (χ0n) is 11.3. The van der Waals surface area contributed by atoms with Gasteiger partial charge in [-0.25, -0.2) is 9.48 Å². The highest BCUT2D eigenvalue weighted by atomic mass is 16.4. The Bertz CT molecular complexity index is 520. The van der Waals surface area contributed by atoms with Gasteiger partial charge in [-0.15, -0.1) is 5.10 Å². The lowest BCUT2D eigenvalue weighted by Crippen LogP contribution is -2.42. The SMILES string of the molecule is CC(CC#N)N(C)C(=O)NCc1cn(CC(=O)O)nn1. The highest BCUT2D eigenvalue weighted by molar-refractivity contribution is 5.74. The van der Waals surface area contributed by atoms with Crippen molar-refractivity contribution in [3.63, 3.8) is 0 Å². The van der Waals surface area contributed by atoms with Gasteiger partial charge in [0.2, 0.25) is 0 Å². The Morgan fingerprint density at radius 1 is 1.65 bits per heavy atom. The van der Waals surface area contributed by atoms with Crippen LogP contribution in [0.15, 0.2) is 6.20 Å². The van der Waals surface area contributed by atoms with Crippen molar-refractivity contribution < 1.29 is 14.7 Å². The Balaban J connectivity index is 2.46. The van der Waals surface area contributed by atoms with Gasteiger partial charge in [0.25, 0.3) is 0 Å². The van der Waals surface area contributed by atoms with Crippen molar-refractivity contribution in [3.05, 3.63) is 11.9 Å². The minimum atomic E-state index is -1.02. The molecule has 9 heteroatoms. The second-order valence-corrected chi connectivity index (χ2v) is 4.28. The molecule has 0 aliphatic carbocycles. The summed E-state index contributed by atoms with van der Waals surface area (Å²) in [5.41, 5.74) is 0.459. The molecule has 0 radical (unpaired) electrons. The number of carboxylic acid groups (broad SMARTS) is 1. The number of carbonyl (C=O) groups excluding carboxylic acids is 1. The maximum absolute atomic E-state index is 11.8. The summed E-state index contributed by atoms with van der Waals surface area (Å²) in [5, 5.41) is 27.1. The molecule has 20 heavy (non-hydrogen) atoms. The van der Waals surface area contributed by atoms with Crippen molar-refractivity contribution in [2.75, 3.05) is 7.05 Å². The Morgan fingerprint density at radius 3 is 2.95 bits per heavy atom. The van der Waals surface area contributed by atoms with E-state index in [-0.39, 0.29) is 31.6 Å². The number of hydrogen-bond acceptors (Lipinski definition) is 5. The largest absolute Gasteiger partial charge is 0.480 e. The number of nitriles is 1. The Morgan fingerprint density at radius 2 is 2.35 bits per heavy atom. The van der Waals surface area contributed by atoms with Crippen LogP contribution in [0.25, 0.3) is 0 Å². The number of rotatable bonds is 6. The van der Waals surface area contributed by atoms with Crippen LogP contribution in [-0.4, -0.2) is 50.1 Å². The molecule has 1 heterocycles. The van der Waals surface area contributed by atoms with E-state index < -0.39 is 5.97 Å². The van der Waals surface area contributed by atoms with Crippen molar-refractivity contribution in [3.8, 4) is 6.07 Å². The summed E-state index contributed by atoms with van der Waals surface area (Å²) in [6, 6.07) is 1.47. The number of hydrogen-bond donors (Lipinski definition) is 2. The number of nitrogens with one attached hydrogen (secondary N) is 1. The zero-order valence-corrected chi connectivity index (χ0v) is 11.3. The van der Waals surface area contributed by atoms with E-state index in [1.807, 2.05) is 6.07 Å². The molecule has 2 N–H and O–H groups in total. The molecule has 0 spiro atoms. The lowest BCUT2D eigenvalue weighted by molar-refractivity contribution is -0.137. The standard InChI is InChI=1S/C11H16N6O3/c1-8(3-4-12)16(2)11(20)13-5-9-6-17(15-14-9)7-10(18)19/h6,8H,3,5,7H2,1-2H3,(H,13,20)(H,18,19). The van der Waals surface area contributed by atoms with Crippen molar-refractivity contribution in [2.24, 2.45) is 0 Å². The summed E-state index contributed by atoms with van der Waals surface area (Å²) >= 11 is 0. The number of carboxylic acids is 1. The maximum Gasteiger partial charge on any atom is 0.325 e. The molecule has 2 amide bonds. The number of aromatic nitrogens is 3. The van der Waals surface area contributed by atoms with E-state index in [0.717, 1.165) is 0 Å². The number of carbonyl (C=O) groups is 2. The molecule has 9 nitrogen and oxygen atoms in total. The molecule has 0 saturated heterocycles. The lowest BCUT2D eigenvalue weighted by atomic mass is 10.2. The second-order valence-electron chi connectivity index (χ2n) is 4.28. The summed E-state index contributed by atoms with van der Waals surface area (Å²) < 4.78 is 1.17. The molecule has 0 aliphatic heterocycles. The van der Waals surface area contributed by atoms with E-state index >= 15 is 0 Å². The number of urea groups is 1. The van der Waals surface area contributed by atoms with Crippen LogP contribution in [-0.2, 0) is 17.9 Å². The number of nitrogens with zero attached hydrogens (tertiary/aromatic N) is 5. The van der Waals surface area contributed by atoms with E-state index in [1.54, 1.807) is 14.0 Å². The van der Waals surface area contributed by atoms with Crippen molar-refractivity contribution in [1.29, 1.82) is 5.26 Å². The van der Waals surface area contributed by atoms with Crippen LogP contribution in [0.2, 0.25) is 0 Å². The van der Waals surface area contributed by atoms with Crippen molar-refractivity contribution >= 4 is 12.0 Å². The molecule has 1 rings (SSSR count). The van der Waals surface area contributed by atoms with E-state index in [1.165, 1.54) is 15.8 Å². The average Bonchev–Trinajstić information content (AvgIpc) is 2.82. The molecule has 0 bridgehead atoms. The highest BCUT2D eigenvalue weighted by Crippen LogP contribution is 2.01. The van der Waals surface area contributed by atoms with E-state index in [9.17, 15) is 9.59 Å². The van der Waals surface area contributed by atoms with Crippen molar-refractivity contribution in [1.82, 2.24) is 25.2 Å². The third-order valence-corrected chi connectivity index (χ3v) is 2.67. The normalized spacial score (nSPS) is 11.4. The quantitative estimate of drug-likeness (QED) is 0.744. The van der Waals surface area contributed by atoms with Gasteiger partial charge in [0.15, 0.2) is 0 Å². The molecular formula is C11H16N6O3. The van der Waals surface area contributed by atoms with Gasteiger partial charge in [-0.05, 0) is 6.92 Å². The maximum atomic E-state index is 11.8. The first-order chi connectivity index (χ1) is 9.43. The first-order valence-corrected chi connectivity index (χ1v) is 5.92. The molecule has 1 unspecified atom stereocenters. The number of aliphatic carboxylic acids is 1. The van der Waals surface area contributed by atoms with Crippen LogP contribution >= 0.6 is 0 Å². The molecule has 0 aromatic carbocycles. The summed E-state index contributed by atoms with van der Waals surface area (Å²) in [7, 11) is 1.60. The van der Waals surface area contributed by atoms with Gasteiger partial charge in [-0.2, -0.15) is 5.26 Å². The monoisotopic (exact) mass is 280 g/mol. The zero-order chi connectivity index (χ0) is 15.1. The summed E-state index contributed by atoms with van der Waals surface area (Å²) in [4.78, 5) is 23.7. The predicted octanol–water partition coefficient (Wildman–Crippen LogP) is -0.194. The van der Waals surface area contributed by atoms with Gasteiger partial charge in [-0.3, -0.25) is 4.79 Å². The molecule has 1 atom stereocenters. The van der Waals surface area contributed by atoms with E-state index in [4.69, 9.17) is 10.4 Å². The van der Waals surface area contributed by atoms with E-state index in [0.29, 0.717) is 5.69 Å². The van der Waals surface area contributed by atoms with Gasteiger partial charge in [0.1, 0.15) is 12.2 Å².